The highest BCUT2D eigenvalue weighted by Gasteiger charge is 2.31. The Bertz CT molecular complexity index is 515. The van der Waals surface area contributed by atoms with Gasteiger partial charge in [-0.15, -0.1) is 0 Å². The van der Waals surface area contributed by atoms with Crippen LogP contribution in [-0.4, -0.2) is 50.4 Å². The van der Waals surface area contributed by atoms with Crippen molar-refractivity contribution in [2.24, 2.45) is 0 Å². The Balaban J connectivity index is 1.97. The number of anilines is 1. The van der Waals surface area contributed by atoms with Crippen molar-refractivity contribution in [3.63, 3.8) is 0 Å². The number of pyridine rings is 1. The van der Waals surface area contributed by atoms with E-state index in [1.54, 1.807) is 4.90 Å². The van der Waals surface area contributed by atoms with Crippen LogP contribution >= 0.6 is 0 Å². The SMILES string of the molecule is O=[SH](=O)CN1CCN(c2ccc(C(F)(F)F)cn2)CC1. The predicted molar refractivity (Wildman–Crippen MR) is 68.2 cm³/mol. The van der Waals surface area contributed by atoms with Gasteiger partial charge in [0.05, 0.1) is 11.4 Å². The zero-order valence-corrected chi connectivity index (χ0v) is 11.4. The third kappa shape index (κ3) is 3.83. The van der Waals surface area contributed by atoms with E-state index in [2.05, 4.69) is 4.98 Å². The summed E-state index contributed by atoms with van der Waals surface area (Å²) >= 11 is 0. The number of hydrogen-bond donors (Lipinski definition) is 1. The topological polar surface area (TPSA) is 53.5 Å². The predicted octanol–water partition coefficient (Wildman–Crippen LogP) is 0.791. The van der Waals surface area contributed by atoms with Gasteiger partial charge in [-0.25, -0.2) is 13.4 Å². The van der Waals surface area contributed by atoms with Gasteiger partial charge in [0.15, 0.2) is 10.7 Å². The van der Waals surface area contributed by atoms with Crippen LogP contribution in [0.2, 0.25) is 0 Å². The smallest absolute Gasteiger partial charge is 0.354 e. The standard InChI is InChI=1S/C11H14F3N3O2S/c12-11(13,14)9-1-2-10(15-7-9)17-5-3-16(4-6-17)8-20(18)19/h1-2,7,20H,3-6,8H2. The van der Waals surface area contributed by atoms with Gasteiger partial charge in [0.1, 0.15) is 5.82 Å². The van der Waals surface area contributed by atoms with E-state index in [0.717, 1.165) is 12.3 Å². The Hall–Kier alpha value is -1.35. The quantitative estimate of drug-likeness (QED) is 0.837. The number of piperazine rings is 1. The molecule has 112 valence electrons. The fourth-order valence-corrected chi connectivity index (χ4v) is 2.63. The minimum atomic E-state index is -4.39. The van der Waals surface area contributed by atoms with Crippen molar-refractivity contribution >= 4 is 16.5 Å². The van der Waals surface area contributed by atoms with Gasteiger partial charge in [0.25, 0.3) is 0 Å². The number of rotatable bonds is 3. The molecule has 0 radical (unpaired) electrons. The van der Waals surface area contributed by atoms with Gasteiger partial charge in [0, 0.05) is 32.4 Å². The largest absolute Gasteiger partial charge is 0.417 e. The van der Waals surface area contributed by atoms with Crippen molar-refractivity contribution in [3.8, 4) is 0 Å². The molecule has 5 nitrogen and oxygen atoms in total. The molecule has 2 heterocycles. The molecular weight excluding hydrogens is 295 g/mol. The molecule has 0 aromatic carbocycles. The summed E-state index contributed by atoms with van der Waals surface area (Å²) in [7, 11) is -2.44. The summed E-state index contributed by atoms with van der Waals surface area (Å²) in [6.07, 6.45) is -3.57. The van der Waals surface area contributed by atoms with Crippen LogP contribution in [0.15, 0.2) is 18.3 Å². The van der Waals surface area contributed by atoms with Gasteiger partial charge in [-0.1, -0.05) is 0 Å². The lowest BCUT2D eigenvalue weighted by Crippen LogP contribution is -2.47. The third-order valence-electron chi connectivity index (χ3n) is 3.09. The molecule has 1 fully saturated rings. The molecule has 1 aliphatic rings. The zero-order valence-electron chi connectivity index (χ0n) is 10.5. The molecule has 9 heteroatoms. The van der Waals surface area contributed by atoms with E-state index < -0.39 is 22.4 Å². The van der Waals surface area contributed by atoms with Gasteiger partial charge >= 0.3 is 6.18 Å². The summed E-state index contributed by atoms with van der Waals surface area (Å²) in [5.74, 6) is 0.494. The first-order valence-electron chi connectivity index (χ1n) is 5.98. The monoisotopic (exact) mass is 309 g/mol. The van der Waals surface area contributed by atoms with E-state index in [0.29, 0.717) is 32.0 Å². The first-order chi connectivity index (χ1) is 9.36. The van der Waals surface area contributed by atoms with Crippen LogP contribution in [0.4, 0.5) is 19.0 Å². The minimum absolute atomic E-state index is 0.0175. The molecule has 2 rings (SSSR count). The molecule has 1 aromatic heterocycles. The summed E-state index contributed by atoms with van der Waals surface area (Å²) < 4.78 is 58.5. The molecule has 1 aromatic rings. The second-order valence-electron chi connectivity index (χ2n) is 4.48. The Morgan fingerprint density at radius 2 is 1.80 bits per heavy atom. The van der Waals surface area contributed by atoms with Crippen molar-refractivity contribution in [3.05, 3.63) is 23.9 Å². The maximum atomic E-state index is 12.4. The maximum Gasteiger partial charge on any atom is 0.417 e. The first-order valence-corrected chi connectivity index (χ1v) is 7.35. The lowest BCUT2D eigenvalue weighted by atomic mass is 10.2. The van der Waals surface area contributed by atoms with Crippen molar-refractivity contribution < 1.29 is 21.6 Å². The number of halogens is 3. The first kappa shape index (κ1) is 15.0. The van der Waals surface area contributed by atoms with Crippen LogP contribution in [0.5, 0.6) is 0 Å². The van der Waals surface area contributed by atoms with Gasteiger partial charge < -0.3 is 4.90 Å². The molecule has 0 bridgehead atoms. The Kier molecular flexibility index (Phi) is 4.48. The summed E-state index contributed by atoms with van der Waals surface area (Å²) in [6, 6.07) is 2.34. The zero-order chi connectivity index (χ0) is 14.8. The Morgan fingerprint density at radius 1 is 1.15 bits per heavy atom. The van der Waals surface area contributed by atoms with E-state index in [9.17, 15) is 21.6 Å². The maximum absolute atomic E-state index is 12.4. The van der Waals surface area contributed by atoms with Gasteiger partial charge in [-0.3, -0.25) is 4.90 Å². The molecule has 1 saturated heterocycles. The van der Waals surface area contributed by atoms with E-state index in [4.69, 9.17) is 0 Å². The van der Waals surface area contributed by atoms with Crippen LogP contribution in [-0.2, 0) is 16.9 Å². The molecule has 0 unspecified atom stereocenters. The van der Waals surface area contributed by atoms with E-state index >= 15 is 0 Å². The molecule has 0 spiro atoms. The molecule has 0 saturated carbocycles. The van der Waals surface area contributed by atoms with E-state index in [-0.39, 0.29) is 5.88 Å². The summed E-state index contributed by atoms with van der Waals surface area (Å²) in [4.78, 5) is 7.45. The van der Waals surface area contributed by atoms with Gasteiger partial charge in [-0.05, 0) is 12.1 Å². The van der Waals surface area contributed by atoms with Crippen LogP contribution < -0.4 is 4.90 Å². The van der Waals surface area contributed by atoms with E-state index in [1.165, 1.54) is 6.07 Å². The molecule has 0 N–H and O–H groups in total. The normalized spacial score (nSPS) is 17.7. The number of nitrogens with zero attached hydrogens (tertiary/aromatic N) is 3. The fourth-order valence-electron chi connectivity index (χ4n) is 2.02. The second kappa shape index (κ2) is 5.96. The van der Waals surface area contributed by atoms with Crippen LogP contribution in [0.25, 0.3) is 0 Å². The lowest BCUT2D eigenvalue weighted by Gasteiger charge is -2.34. The Morgan fingerprint density at radius 3 is 2.25 bits per heavy atom. The molecule has 20 heavy (non-hydrogen) atoms. The molecule has 0 aliphatic carbocycles. The summed E-state index contributed by atoms with van der Waals surface area (Å²) in [5.41, 5.74) is -0.775. The highest BCUT2D eigenvalue weighted by molar-refractivity contribution is 7.72. The van der Waals surface area contributed by atoms with Crippen molar-refractivity contribution in [1.29, 1.82) is 0 Å². The number of aromatic nitrogens is 1. The van der Waals surface area contributed by atoms with Gasteiger partial charge in [-0.2, -0.15) is 13.2 Å². The number of hydrogen-bond acceptors (Lipinski definition) is 5. The lowest BCUT2D eigenvalue weighted by molar-refractivity contribution is -0.137. The van der Waals surface area contributed by atoms with Crippen LogP contribution in [0.3, 0.4) is 0 Å². The number of thiol groups is 1. The third-order valence-corrected chi connectivity index (χ3v) is 3.72. The summed E-state index contributed by atoms with van der Waals surface area (Å²) in [6.45, 7) is 2.18. The van der Waals surface area contributed by atoms with Crippen LogP contribution in [0.1, 0.15) is 5.56 Å². The summed E-state index contributed by atoms with van der Waals surface area (Å²) in [5, 5.41) is 0. The van der Waals surface area contributed by atoms with Gasteiger partial charge in [0.2, 0.25) is 0 Å². The highest BCUT2D eigenvalue weighted by atomic mass is 32.2. The average molecular weight is 309 g/mol. The fraction of sp³-hybridized carbons (Fsp3) is 0.545. The molecule has 0 atom stereocenters. The highest BCUT2D eigenvalue weighted by Crippen LogP contribution is 2.29. The van der Waals surface area contributed by atoms with E-state index in [1.807, 2.05) is 4.90 Å². The average Bonchev–Trinajstić information content (AvgIpc) is 2.38. The molecule has 1 aliphatic heterocycles. The number of alkyl halides is 3. The van der Waals surface area contributed by atoms with Crippen molar-refractivity contribution in [2.45, 2.75) is 6.18 Å². The Labute approximate surface area is 116 Å². The minimum Gasteiger partial charge on any atom is -0.354 e. The molecule has 0 amide bonds. The van der Waals surface area contributed by atoms with Crippen molar-refractivity contribution in [2.75, 3.05) is 37.0 Å². The van der Waals surface area contributed by atoms with Crippen molar-refractivity contribution in [1.82, 2.24) is 9.88 Å². The van der Waals surface area contributed by atoms with Crippen LogP contribution in [0, 0.1) is 0 Å². The molecular formula is C11H14F3N3O2S. The second-order valence-corrected chi connectivity index (χ2v) is 5.43.